The second-order valence-electron chi connectivity index (χ2n) is 7.61. The summed E-state index contributed by atoms with van der Waals surface area (Å²) in [7, 11) is 0. The van der Waals surface area contributed by atoms with Gasteiger partial charge in [0.05, 0.1) is 12.0 Å². The van der Waals surface area contributed by atoms with Gasteiger partial charge < -0.3 is 19.2 Å². The molecule has 0 saturated carbocycles. The Bertz CT molecular complexity index is 1250. The third-order valence-electron chi connectivity index (χ3n) is 5.24. The van der Waals surface area contributed by atoms with E-state index in [4.69, 9.17) is 13.9 Å². The molecule has 4 aromatic rings. The Morgan fingerprint density at radius 3 is 2.53 bits per heavy atom. The van der Waals surface area contributed by atoms with Gasteiger partial charge in [-0.1, -0.05) is 12.1 Å². The fourth-order valence-electron chi connectivity index (χ4n) is 3.50. The van der Waals surface area contributed by atoms with Gasteiger partial charge >= 0.3 is 0 Å². The van der Waals surface area contributed by atoms with E-state index < -0.39 is 35.6 Å². The molecule has 9 heteroatoms. The number of rotatable bonds is 10. The fourth-order valence-corrected chi connectivity index (χ4v) is 3.50. The van der Waals surface area contributed by atoms with Crippen molar-refractivity contribution in [2.24, 2.45) is 0 Å². The van der Waals surface area contributed by atoms with E-state index >= 15 is 0 Å². The normalized spacial score (nSPS) is 11.2. The molecule has 0 aliphatic carbocycles. The van der Waals surface area contributed by atoms with E-state index in [2.05, 4.69) is 10.3 Å². The number of pyridine rings is 1. The molecule has 0 spiro atoms. The molecule has 0 unspecified atom stereocenters. The van der Waals surface area contributed by atoms with Crippen molar-refractivity contribution in [3.63, 3.8) is 0 Å². The number of aromatic nitrogens is 1. The molecule has 0 amide bonds. The predicted molar refractivity (Wildman–Crippen MR) is 118 cm³/mol. The molecule has 0 saturated heterocycles. The molecule has 0 atom stereocenters. The van der Waals surface area contributed by atoms with Crippen LogP contribution >= 0.6 is 0 Å². The Morgan fingerprint density at radius 1 is 1.00 bits per heavy atom. The number of ether oxygens (including phenoxy) is 2. The van der Waals surface area contributed by atoms with E-state index in [0.29, 0.717) is 35.4 Å². The molecule has 0 aliphatic rings. The number of nitrogens with one attached hydrogen (secondary N) is 1. The Balaban J connectivity index is 1.38. The van der Waals surface area contributed by atoms with Crippen molar-refractivity contribution in [2.45, 2.75) is 26.5 Å². The highest BCUT2D eigenvalue weighted by Crippen LogP contribution is 2.34. The molecule has 2 aromatic heterocycles. The van der Waals surface area contributed by atoms with Crippen molar-refractivity contribution in [3.05, 3.63) is 88.9 Å². The van der Waals surface area contributed by atoms with Gasteiger partial charge in [-0.3, -0.25) is 4.98 Å². The van der Waals surface area contributed by atoms with E-state index in [1.165, 1.54) is 0 Å². The van der Waals surface area contributed by atoms with Crippen LogP contribution in [-0.2, 0) is 13.2 Å². The maximum absolute atomic E-state index is 13.9. The first-order valence-corrected chi connectivity index (χ1v) is 10.6. The molecule has 0 bridgehead atoms. The summed E-state index contributed by atoms with van der Waals surface area (Å²) in [4.78, 5) is 4.07. The smallest absolute Gasteiger partial charge is 0.203 e. The lowest BCUT2D eigenvalue weighted by atomic mass is 10.1. The maximum atomic E-state index is 13.9. The largest absolute Gasteiger partial charge is 0.493 e. The highest BCUT2D eigenvalue weighted by atomic mass is 19.2. The van der Waals surface area contributed by atoms with Crippen molar-refractivity contribution in [1.82, 2.24) is 10.3 Å². The number of hydrogen-bond donors (Lipinski definition) is 1. The zero-order chi connectivity index (χ0) is 24.1. The molecule has 178 valence electrons. The summed E-state index contributed by atoms with van der Waals surface area (Å²) < 4.78 is 71.3. The first-order valence-electron chi connectivity index (χ1n) is 10.6. The minimum Gasteiger partial charge on any atom is -0.493 e. The molecular formula is C25H22F4N2O3. The number of nitrogens with zero attached hydrogens (tertiary/aromatic N) is 1. The summed E-state index contributed by atoms with van der Waals surface area (Å²) in [6.07, 6.45) is 4.29. The van der Waals surface area contributed by atoms with Gasteiger partial charge in [-0.2, -0.15) is 8.78 Å². The van der Waals surface area contributed by atoms with Gasteiger partial charge in [0, 0.05) is 30.6 Å². The van der Waals surface area contributed by atoms with Gasteiger partial charge in [0.1, 0.15) is 23.7 Å². The lowest BCUT2D eigenvalue weighted by Gasteiger charge is -2.09. The molecule has 2 aromatic carbocycles. The number of benzene rings is 2. The summed E-state index contributed by atoms with van der Waals surface area (Å²) in [5.41, 5.74) is 2.23. The van der Waals surface area contributed by atoms with E-state index in [-0.39, 0.29) is 11.8 Å². The third-order valence-corrected chi connectivity index (χ3v) is 5.24. The van der Waals surface area contributed by atoms with Crippen molar-refractivity contribution >= 4 is 11.0 Å². The first-order chi connectivity index (χ1) is 16.5. The summed E-state index contributed by atoms with van der Waals surface area (Å²) in [5.74, 6) is -6.57. The van der Waals surface area contributed by atoms with Crippen LogP contribution in [-0.4, -0.2) is 18.1 Å². The summed E-state index contributed by atoms with van der Waals surface area (Å²) in [5, 5.41) is 4.01. The van der Waals surface area contributed by atoms with Crippen LogP contribution < -0.4 is 14.8 Å². The highest BCUT2D eigenvalue weighted by Gasteiger charge is 2.22. The van der Waals surface area contributed by atoms with Gasteiger partial charge in [0.25, 0.3) is 0 Å². The fraction of sp³-hybridized carbons (Fsp3) is 0.240. The highest BCUT2D eigenvalue weighted by molar-refractivity contribution is 5.88. The van der Waals surface area contributed by atoms with E-state index in [1.807, 2.05) is 12.1 Å². The van der Waals surface area contributed by atoms with Crippen LogP contribution in [0.1, 0.15) is 23.3 Å². The number of halogens is 4. The second-order valence-corrected chi connectivity index (χ2v) is 7.61. The Hall–Kier alpha value is -3.59. The number of aryl methyl sites for hydroxylation is 1. The minimum atomic E-state index is -1.60. The molecule has 0 aliphatic heterocycles. The Kier molecular flexibility index (Phi) is 7.32. The number of furan rings is 1. The van der Waals surface area contributed by atoms with Crippen molar-refractivity contribution in [1.29, 1.82) is 0 Å². The Labute approximate surface area is 193 Å². The van der Waals surface area contributed by atoms with E-state index in [1.54, 1.807) is 37.5 Å². The minimum absolute atomic E-state index is 0.127. The van der Waals surface area contributed by atoms with Gasteiger partial charge in [0.2, 0.25) is 11.6 Å². The quantitative estimate of drug-likeness (QED) is 0.178. The molecule has 1 N–H and O–H groups in total. The maximum Gasteiger partial charge on any atom is 0.203 e. The van der Waals surface area contributed by atoms with Crippen LogP contribution in [0.3, 0.4) is 0 Å². The zero-order valence-corrected chi connectivity index (χ0v) is 18.3. The molecule has 5 nitrogen and oxygen atoms in total. The Morgan fingerprint density at radius 2 is 1.79 bits per heavy atom. The van der Waals surface area contributed by atoms with E-state index in [0.717, 1.165) is 18.5 Å². The van der Waals surface area contributed by atoms with Gasteiger partial charge in [-0.05, 0) is 43.7 Å². The van der Waals surface area contributed by atoms with Gasteiger partial charge in [-0.25, -0.2) is 8.78 Å². The zero-order valence-electron chi connectivity index (χ0n) is 18.3. The van der Waals surface area contributed by atoms with Crippen LogP contribution in [0.2, 0.25) is 0 Å². The summed E-state index contributed by atoms with van der Waals surface area (Å²) in [6, 6.07) is 9.27. The van der Waals surface area contributed by atoms with Crippen molar-refractivity contribution < 1.29 is 31.5 Å². The van der Waals surface area contributed by atoms with Crippen LogP contribution in [0.5, 0.6) is 11.5 Å². The van der Waals surface area contributed by atoms with Crippen LogP contribution in [0.15, 0.2) is 53.2 Å². The third kappa shape index (κ3) is 5.14. The van der Waals surface area contributed by atoms with Crippen molar-refractivity contribution in [3.8, 4) is 11.5 Å². The lowest BCUT2D eigenvalue weighted by Crippen LogP contribution is -2.17. The molecule has 0 fully saturated rings. The van der Waals surface area contributed by atoms with E-state index in [9.17, 15) is 17.6 Å². The number of fused-ring (bicyclic) bond motifs is 1. The predicted octanol–water partition coefficient (Wildman–Crippen LogP) is 5.83. The topological polar surface area (TPSA) is 56.5 Å². The molecule has 2 heterocycles. The number of hydrogen-bond acceptors (Lipinski definition) is 5. The average Bonchev–Trinajstić information content (AvgIpc) is 3.17. The lowest BCUT2D eigenvalue weighted by molar-refractivity contribution is 0.239. The van der Waals surface area contributed by atoms with Crippen molar-refractivity contribution in [2.75, 3.05) is 13.2 Å². The van der Waals surface area contributed by atoms with Crippen LogP contribution in [0.25, 0.3) is 11.0 Å². The first kappa shape index (κ1) is 23.6. The monoisotopic (exact) mass is 474 g/mol. The summed E-state index contributed by atoms with van der Waals surface area (Å²) >= 11 is 0. The average molecular weight is 474 g/mol. The molecule has 0 radical (unpaired) electrons. The molecule has 34 heavy (non-hydrogen) atoms. The van der Waals surface area contributed by atoms with Crippen LogP contribution in [0.4, 0.5) is 17.6 Å². The second kappa shape index (κ2) is 10.6. The van der Waals surface area contributed by atoms with Crippen LogP contribution in [0, 0.1) is 30.2 Å². The van der Waals surface area contributed by atoms with Gasteiger partial charge in [0.15, 0.2) is 17.4 Å². The molecular weight excluding hydrogens is 452 g/mol. The summed E-state index contributed by atoms with van der Waals surface area (Å²) in [6.45, 7) is 3.23. The van der Waals surface area contributed by atoms with Gasteiger partial charge in [-0.15, -0.1) is 0 Å². The standard InChI is InChI=1S/C25H22F4N2O3/c1-15-21(14-33-25-23(28)17(26)11-18(27)24(25)29)34-20-7-2-6-19(22(15)20)32-10-4-9-31-13-16-5-3-8-30-12-16/h2-3,5-8,11-12,31H,4,9-10,13-14H2,1H3. The molecule has 4 rings (SSSR count). The SMILES string of the molecule is Cc1c(COc2c(F)c(F)cc(F)c2F)oc2cccc(OCCCNCc3cccnc3)c12.